The molecule has 0 radical (unpaired) electrons. The predicted octanol–water partition coefficient (Wildman–Crippen LogP) is 0.849. The number of rotatable bonds is 5. The molecule has 0 atom stereocenters. The van der Waals surface area contributed by atoms with Crippen molar-refractivity contribution in [3.8, 4) is 0 Å². The molecule has 1 amide bonds. The summed E-state index contributed by atoms with van der Waals surface area (Å²) in [6, 6.07) is 0. The lowest BCUT2D eigenvalue weighted by molar-refractivity contribution is -0.385. The second-order valence-electron chi connectivity index (χ2n) is 5.84. The van der Waals surface area contributed by atoms with Crippen LogP contribution in [0.3, 0.4) is 0 Å². The number of nitro groups is 1. The van der Waals surface area contributed by atoms with E-state index in [4.69, 9.17) is 0 Å². The molecule has 8 heteroatoms. The van der Waals surface area contributed by atoms with Crippen molar-refractivity contribution in [3.05, 3.63) is 22.5 Å². The van der Waals surface area contributed by atoms with Gasteiger partial charge in [0.25, 0.3) is 0 Å². The van der Waals surface area contributed by atoms with Crippen LogP contribution in [-0.2, 0) is 11.3 Å². The first-order chi connectivity index (χ1) is 9.88. The van der Waals surface area contributed by atoms with Crippen LogP contribution in [0.15, 0.2) is 12.4 Å². The van der Waals surface area contributed by atoms with Crippen molar-refractivity contribution in [3.63, 3.8) is 0 Å². The first-order valence-electron chi connectivity index (χ1n) is 7.04. The predicted molar refractivity (Wildman–Crippen MR) is 74.5 cm³/mol. The molecule has 0 unspecified atom stereocenters. The second-order valence-corrected chi connectivity index (χ2v) is 5.84. The van der Waals surface area contributed by atoms with Crippen molar-refractivity contribution in [2.24, 2.45) is 5.92 Å². The summed E-state index contributed by atoms with van der Waals surface area (Å²) in [4.78, 5) is 21.7. The van der Waals surface area contributed by atoms with Crippen LogP contribution in [0.25, 0.3) is 0 Å². The molecule has 0 bridgehead atoms. The fourth-order valence-corrected chi connectivity index (χ4v) is 2.48. The Morgan fingerprint density at radius 3 is 2.86 bits per heavy atom. The smallest absolute Gasteiger partial charge is 0.307 e. The molecule has 0 aliphatic heterocycles. The van der Waals surface area contributed by atoms with Crippen molar-refractivity contribution in [2.45, 2.75) is 44.8 Å². The van der Waals surface area contributed by atoms with Gasteiger partial charge in [0.05, 0.1) is 10.5 Å². The van der Waals surface area contributed by atoms with Crippen LogP contribution in [0, 0.1) is 16.0 Å². The SMILES string of the molecule is CC1CCC(O)(CNC(=O)Cn2cc([N+](=O)[O-])cn2)CC1. The van der Waals surface area contributed by atoms with E-state index < -0.39 is 10.5 Å². The first kappa shape index (κ1) is 15.4. The van der Waals surface area contributed by atoms with Gasteiger partial charge in [-0.15, -0.1) is 0 Å². The molecule has 1 saturated carbocycles. The molecule has 1 fully saturated rings. The van der Waals surface area contributed by atoms with E-state index in [1.807, 2.05) is 0 Å². The maximum atomic E-state index is 11.8. The van der Waals surface area contributed by atoms with Crippen LogP contribution >= 0.6 is 0 Å². The summed E-state index contributed by atoms with van der Waals surface area (Å²) in [6.45, 7) is 2.27. The lowest BCUT2D eigenvalue weighted by atomic mass is 9.79. The van der Waals surface area contributed by atoms with Crippen LogP contribution in [0.1, 0.15) is 32.6 Å². The van der Waals surface area contributed by atoms with Gasteiger partial charge in [-0.25, -0.2) is 0 Å². The van der Waals surface area contributed by atoms with Crippen LogP contribution in [0.4, 0.5) is 5.69 Å². The Morgan fingerprint density at radius 2 is 2.29 bits per heavy atom. The normalized spacial score (nSPS) is 25.5. The van der Waals surface area contributed by atoms with Gasteiger partial charge in [-0.2, -0.15) is 5.10 Å². The van der Waals surface area contributed by atoms with Crippen molar-refractivity contribution in [2.75, 3.05) is 6.54 Å². The Kier molecular flexibility index (Phi) is 4.56. The number of carbonyl (C=O) groups is 1. The quantitative estimate of drug-likeness (QED) is 0.618. The monoisotopic (exact) mass is 296 g/mol. The van der Waals surface area contributed by atoms with Gasteiger partial charge in [-0.1, -0.05) is 6.92 Å². The van der Waals surface area contributed by atoms with E-state index in [-0.39, 0.29) is 24.7 Å². The highest BCUT2D eigenvalue weighted by Crippen LogP contribution is 2.31. The second kappa shape index (κ2) is 6.21. The molecular formula is C13H20N4O4. The van der Waals surface area contributed by atoms with Gasteiger partial charge in [-0.3, -0.25) is 19.6 Å². The molecule has 2 N–H and O–H groups in total. The Bertz CT molecular complexity index is 520. The lowest BCUT2D eigenvalue weighted by Gasteiger charge is -2.34. The molecule has 8 nitrogen and oxygen atoms in total. The Labute approximate surface area is 122 Å². The standard InChI is InChI=1S/C13H20N4O4/c1-10-2-4-13(19,5-3-10)9-14-12(18)8-16-7-11(6-15-16)17(20)21/h6-7,10,19H,2-5,8-9H2,1H3,(H,14,18). The van der Waals surface area contributed by atoms with E-state index in [1.165, 1.54) is 10.9 Å². The first-order valence-corrected chi connectivity index (χ1v) is 7.04. The fourth-order valence-electron chi connectivity index (χ4n) is 2.48. The molecule has 21 heavy (non-hydrogen) atoms. The van der Waals surface area contributed by atoms with E-state index in [0.717, 1.165) is 19.0 Å². The third-order valence-corrected chi connectivity index (χ3v) is 3.96. The summed E-state index contributed by atoms with van der Waals surface area (Å²) in [6.07, 6.45) is 5.58. The van der Waals surface area contributed by atoms with Crippen molar-refractivity contribution in [1.82, 2.24) is 15.1 Å². The third kappa shape index (κ3) is 4.25. The van der Waals surface area contributed by atoms with Crippen LogP contribution in [0.5, 0.6) is 0 Å². The highest BCUT2D eigenvalue weighted by molar-refractivity contribution is 5.75. The van der Waals surface area contributed by atoms with Gasteiger partial charge in [0, 0.05) is 6.54 Å². The molecule has 0 spiro atoms. The number of aromatic nitrogens is 2. The number of nitrogens with one attached hydrogen (secondary N) is 1. The number of hydrogen-bond donors (Lipinski definition) is 2. The molecule has 0 saturated heterocycles. The molecular weight excluding hydrogens is 276 g/mol. The number of amides is 1. The van der Waals surface area contributed by atoms with Crippen molar-refractivity contribution in [1.29, 1.82) is 0 Å². The number of hydrogen-bond acceptors (Lipinski definition) is 5. The van der Waals surface area contributed by atoms with Crippen LogP contribution in [0.2, 0.25) is 0 Å². The van der Waals surface area contributed by atoms with Crippen molar-refractivity contribution >= 4 is 11.6 Å². The summed E-state index contributed by atoms with van der Waals surface area (Å²) >= 11 is 0. The molecule has 1 aromatic heterocycles. The third-order valence-electron chi connectivity index (χ3n) is 3.96. The van der Waals surface area contributed by atoms with Crippen LogP contribution in [-0.4, -0.2) is 37.9 Å². The topological polar surface area (TPSA) is 110 Å². The molecule has 1 heterocycles. The molecule has 1 aromatic rings. The molecule has 116 valence electrons. The summed E-state index contributed by atoms with van der Waals surface area (Å²) in [7, 11) is 0. The lowest BCUT2D eigenvalue weighted by Crippen LogP contribution is -2.45. The number of nitrogens with zero attached hydrogens (tertiary/aromatic N) is 3. The highest BCUT2D eigenvalue weighted by atomic mass is 16.6. The minimum absolute atomic E-state index is 0.0969. The Balaban J connectivity index is 1.80. The van der Waals surface area contributed by atoms with E-state index in [2.05, 4.69) is 17.3 Å². The number of carbonyl (C=O) groups excluding carboxylic acids is 1. The Hall–Kier alpha value is -1.96. The molecule has 1 aliphatic carbocycles. The van der Waals surface area contributed by atoms with Gasteiger partial charge < -0.3 is 10.4 Å². The van der Waals surface area contributed by atoms with E-state index in [0.29, 0.717) is 18.8 Å². The maximum absolute atomic E-state index is 11.8. The average molecular weight is 296 g/mol. The minimum Gasteiger partial charge on any atom is -0.388 e. The van der Waals surface area contributed by atoms with Gasteiger partial charge in [0.2, 0.25) is 5.91 Å². The zero-order chi connectivity index (χ0) is 15.5. The van der Waals surface area contributed by atoms with Crippen LogP contribution < -0.4 is 5.32 Å². The van der Waals surface area contributed by atoms with E-state index >= 15 is 0 Å². The van der Waals surface area contributed by atoms with E-state index in [1.54, 1.807) is 0 Å². The summed E-state index contributed by atoms with van der Waals surface area (Å²) in [5.74, 6) is 0.297. The zero-order valence-electron chi connectivity index (χ0n) is 12.0. The molecule has 1 aliphatic rings. The summed E-state index contributed by atoms with van der Waals surface area (Å²) < 4.78 is 1.21. The Morgan fingerprint density at radius 1 is 1.62 bits per heavy atom. The number of aliphatic hydroxyl groups is 1. The molecule has 2 rings (SSSR count). The summed E-state index contributed by atoms with van der Waals surface area (Å²) in [5, 5.41) is 27.3. The minimum atomic E-state index is -0.835. The molecule has 0 aromatic carbocycles. The maximum Gasteiger partial charge on any atom is 0.307 e. The van der Waals surface area contributed by atoms with Gasteiger partial charge in [0.15, 0.2) is 0 Å². The van der Waals surface area contributed by atoms with E-state index in [9.17, 15) is 20.0 Å². The summed E-state index contributed by atoms with van der Waals surface area (Å²) in [5.41, 5.74) is -0.985. The van der Waals surface area contributed by atoms with Gasteiger partial charge in [-0.05, 0) is 31.6 Å². The highest BCUT2D eigenvalue weighted by Gasteiger charge is 2.32. The fraction of sp³-hybridized carbons (Fsp3) is 0.692. The van der Waals surface area contributed by atoms with Crippen molar-refractivity contribution < 1.29 is 14.8 Å². The van der Waals surface area contributed by atoms with Gasteiger partial charge >= 0.3 is 5.69 Å². The largest absolute Gasteiger partial charge is 0.388 e. The zero-order valence-corrected chi connectivity index (χ0v) is 12.0. The van der Waals surface area contributed by atoms with Gasteiger partial charge in [0.1, 0.15) is 18.9 Å². The average Bonchev–Trinajstić information content (AvgIpc) is 2.89.